The Morgan fingerprint density at radius 1 is 1.24 bits per heavy atom. The first kappa shape index (κ1) is 19.5. The molecular formula is C19H34O5Si. The van der Waals surface area contributed by atoms with E-state index in [1.54, 1.807) is 0 Å². The van der Waals surface area contributed by atoms with Crippen LogP contribution in [0.5, 0.6) is 0 Å². The Hall–Kier alpha value is -0.243. The molecule has 6 heteroatoms. The highest BCUT2D eigenvalue weighted by Crippen LogP contribution is 2.57. The zero-order valence-corrected chi connectivity index (χ0v) is 17.3. The second-order valence-electron chi connectivity index (χ2n) is 9.39. The van der Waals surface area contributed by atoms with Crippen LogP contribution in [0.2, 0.25) is 18.1 Å². The molecule has 2 fully saturated rings. The Kier molecular flexibility index (Phi) is 5.02. The first-order valence-electron chi connectivity index (χ1n) is 9.52. The molecule has 2 unspecified atom stereocenters. The van der Waals surface area contributed by atoms with Gasteiger partial charge in [-0.2, -0.15) is 0 Å². The number of fused-ring (bicyclic) bond motifs is 2. The topological polar surface area (TPSA) is 68.2 Å². The standard InChI is InChI=1S/C19H34O5Si/c1-17(2,3)25(4,5)24-13-18-12-16(21)15(20)11-14(18)7-6-8-19(18)22-9-10-23-19/h11,15-16,20-21H,6-10,12-13H2,1-5H3/t15?,16?,18-/m1/s1. The van der Waals surface area contributed by atoms with E-state index in [4.69, 9.17) is 13.9 Å². The van der Waals surface area contributed by atoms with Gasteiger partial charge in [0.25, 0.3) is 0 Å². The monoisotopic (exact) mass is 370 g/mol. The molecule has 1 saturated heterocycles. The van der Waals surface area contributed by atoms with Gasteiger partial charge in [0.1, 0.15) is 0 Å². The number of hydrogen-bond donors (Lipinski definition) is 2. The van der Waals surface area contributed by atoms with Crippen molar-refractivity contribution in [2.24, 2.45) is 5.41 Å². The molecular weight excluding hydrogens is 336 g/mol. The molecule has 25 heavy (non-hydrogen) atoms. The highest BCUT2D eigenvalue weighted by molar-refractivity contribution is 6.74. The van der Waals surface area contributed by atoms with Crippen molar-refractivity contribution in [3.63, 3.8) is 0 Å². The van der Waals surface area contributed by atoms with Crippen molar-refractivity contribution in [1.29, 1.82) is 0 Å². The molecule has 0 aromatic rings. The molecule has 0 aromatic carbocycles. The predicted octanol–water partition coefficient (Wildman–Crippen LogP) is 2.97. The highest BCUT2D eigenvalue weighted by Gasteiger charge is 2.62. The molecule has 0 amide bonds. The van der Waals surface area contributed by atoms with Crippen molar-refractivity contribution in [3.8, 4) is 0 Å². The number of rotatable bonds is 3. The Morgan fingerprint density at radius 2 is 1.88 bits per heavy atom. The van der Waals surface area contributed by atoms with Crippen molar-refractivity contribution in [3.05, 3.63) is 11.6 Å². The Bertz CT molecular complexity index is 532. The third kappa shape index (κ3) is 3.15. The van der Waals surface area contributed by atoms with Crippen LogP contribution in [0.25, 0.3) is 0 Å². The van der Waals surface area contributed by atoms with Gasteiger partial charge < -0.3 is 24.1 Å². The minimum absolute atomic E-state index is 0.111. The summed E-state index contributed by atoms with van der Waals surface area (Å²) in [6.07, 6.45) is 3.31. The number of ether oxygens (including phenoxy) is 2. The fraction of sp³-hybridized carbons (Fsp3) is 0.895. The van der Waals surface area contributed by atoms with E-state index in [0.29, 0.717) is 26.2 Å². The summed E-state index contributed by atoms with van der Waals surface area (Å²) < 4.78 is 18.9. The molecule has 3 aliphatic rings. The minimum Gasteiger partial charge on any atom is -0.416 e. The zero-order chi connectivity index (χ0) is 18.5. The summed E-state index contributed by atoms with van der Waals surface area (Å²) in [7, 11) is -1.96. The number of aliphatic hydroxyl groups is 2. The van der Waals surface area contributed by atoms with E-state index in [1.807, 2.05) is 6.08 Å². The van der Waals surface area contributed by atoms with Gasteiger partial charge in [-0.05, 0) is 37.4 Å². The van der Waals surface area contributed by atoms with E-state index in [-0.39, 0.29) is 5.04 Å². The SMILES string of the molecule is CC(C)(C)[Si](C)(C)OC[C@]12CC(O)C(O)C=C1CCCC21OCCO1. The maximum absolute atomic E-state index is 10.5. The Morgan fingerprint density at radius 3 is 2.48 bits per heavy atom. The smallest absolute Gasteiger partial charge is 0.192 e. The molecule has 0 bridgehead atoms. The van der Waals surface area contributed by atoms with Crippen LogP contribution in [0, 0.1) is 5.41 Å². The third-order valence-corrected chi connectivity index (χ3v) is 11.3. The van der Waals surface area contributed by atoms with Gasteiger partial charge in [-0.1, -0.05) is 32.4 Å². The first-order valence-corrected chi connectivity index (χ1v) is 12.4. The number of aliphatic hydroxyl groups excluding tert-OH is 2. The lowest BCUT2D eigenvalue weighted by Crippen LogP contribution is -2.60. The average Bonchev–Trinajstić information content (AvgIpc) is 2.97. The van der Waals surface area contributed by atoms with Crippen molar-refractivity contribution >= 4 is 8.32 Å². The molecule has 1 saturated carbocycles. The van der Waals surface area contributed by atoms with Gasteiger partial charge in [0.2, 0.25) is 0 Å². The number of hydrogen-bond acceptors (Lipinski definition) is 5. The molecule has 2 N–H and O–H groups in total. The van der Waals surface area contributed by atoms with Crippen LogP contribution >= 0.6 is 0 Å². The molecule has 0 radical (unpaired) electrons. The largest absolute Gasteiger partial charge is 0.416 e. The lowest BCUT2D eigenvalue weighted by Gasteiger charge is -2.55. The van der Waals surface area contributed by atoms with Crippen LogP contribution in [0.3, 0.4) is 0 Å². The van der Waals surface area contributed by atoms with Crippen molar-refractivity contribution in [1.82, 2.24) is 0 Å². The molecule has 3 rings (SSSR count). The van der Waals surface area contributed by atoms with Gasteiger partial charge >= 0.3 is 0 Å². The fourth-order valence-corrected chi connectivity index (χ4v) is 5.26. The fourth-order valence-electron chi connectivity index (χ4n) is 4.22. The zero-order valence-electron chi connectivity index (χ0n) is 16.3. The van der Waals surface area contributed by atoms with Gasteiger partial charge in [-0.15, -0.1) is 0 Å². The second-order valence-corrected chi connectivity index (χ2v) is 14.2. The van der Waals surface area contributed by atoms with Crippen molar-refractivity contribution < 1.29 is 24.1 Å². The van der Waals surface area contributed by atoms with E-state index >= 15 is 0 Å². The summed E-state index contributed by atoms with van der Waals surface area (Å²) >= 11 is 0. The lowest BCUT2D eigenvalue weighted by atomic mass is 9.60. The highest BCUT2D eigenvalue weighted by atomic mass is 28.4. The van der Waals surface area contributed by atoms with Crippen LogP contribution < -0.4 is 0 Å². The van der Waals surface area contributed by atoms with Crippen LogP contribution in [0.1, 0.15) is 46.5 Å². The Labute approximate surface area is 152 Å². The lowest BCUT2D eigenvalue weighted by molar-refractivity contribution is -0.258. The quantitative estimate of drug-likeness (QED) is 0.590. The summed E-state index contributed by atoms with van der Waals surface area (Å²) in [5, 5.41) is 20.8. The minimum atomic E-state index is -1.96. The maximum Gasteiger partial charge on any atom is 0.192 e. The molecule has 2 aliphatic carbocycles. The van der Waals surface area contributed by atoms with Crippen LogP contribution in [0.15, 0.2) is 11.6 Å². The van der Waals surface area contributed by atoms with Crippen LogP contribution in [0.4, 0.5) is 0 Å². The van der Waals surface area contributed by atoms with E-state index in [1.165, 1.54) is 0 Å². The summed E-state index contributed by atoms with van der Waals surface area (Å²) in [4.78, 5) is 0. The molecule has 0 aromatic heterocycles. The molecule has 1 heterocycles. The summed E-state index contributed by atoms with van der Waals surface area (Å²) in [5.41, 5.74) is 0.632. The summed E-state index contributed by atoms with van der Waals surface area (Å²) in [5.74, 6) is -0.722. The second kappa shape index (κ2) is 6.43. The molecule has 1 spiro atoms. The maximum atomic E-state index is 10.5. The first-order chi connectivity index (χ1) is 11.5. The van der Waals surface area contributed by atoms with E-state index in [9.17, 15) is 10.2 Å². The summed E-state index contributed by atoms with van der Waals surface area (Å²) in [6, 6.07) is 0. The predicted molar refractivity (Wildman–Crippen MR) is 98.8 cm³/mol. The summed E-state index contributed by atoms with van der Waals surface area (Å²) in [6.45, 7) is 12.8. The normalized spacial score (nSPS) is 35.6. The van der Waals surface area contributed by atoms with Crippen LogP contribution in [-0.4, -0.2) is 56.3 Å². The molecule has 144 valence electrons. The van der Waals surface area contributed by atoms with E-state index in [0.717, 1.165) is 24.8 Å². The molecule has 3 atom stereocenters. The van der Waals surface area contributed by atoms with Crippen LogP contribution in [-0.2, 0) is 13.9 Å². The van der Waals surface area contributed by atoms with E-state index in [2.05, 4.69) is 33.9 Å². The van der Waals surface area contributed by atoms with E-state index < -0.39 is 31.7 Å². The van der Waals surface area contributed by atoms with Gasteiger partial charge in [-0.25, -0.2) is 0 Å². The van der Waals surface area contributed by atoms with Gasteiger partial charge in [0.05, 0.1) is 30.8 Å². The van der Waals surface area contributed by atoms with Crippen molar-refractivity contribution in [2.75, 3.05) is 19.8 Å². The van der Waals surface area contributed by atoms with Gasteiger partial charge in [-0.3, -0.25) is 0 Å². The Balaban J connectivity index is 1.97. The van der Waals surface area contributed by atoms with Gasteiger partial charge in [0, 0.05) is 13.0 Å². The molecule has 1 aliphatic heterocycles. The van der Waals surface area contributed by atoms with Gasteiger partial charge in [0.15, 0.2) is 14.1 Å². The molecule has 5 nitrogen and oxygen atoms in total. The van der Waals surface area contributed by atoms with Crippen molar-refractivity contribution in [2.45, 2.75) is 82.6 Å². The average molecular weight is 371 g/mol. The third-order valence-electron chi connectivity index (χ3n) is 6.86.